The molecule has 0 spiro atoms. The molecule has 1 aliphatic rings. The standard InChI is InChI=1S/C12H15NO4S/c1-18-7-9-2-3-10(17-9)11(14)13-5-4-8(6-13)12(15)16/h2-3,8H,4-7H2,1H3,(H,15,16). The smallest absolute Gasteiger partial charge is 0.308 e. The molecular formula is C12H15NO4S. The second-order valence-electron chi connectivity index (χ2n) is 4.27. The Hall–Kier alpha value is -1.43. The van der Waals surface area contributed by atoms with E-state index in [1.807, 2.05) is 6.26 Å². The van der Waals surface area contributed by atoms with Gasteiger partial charge in [-0.1, -0.05) is 0 Å². The van der Waals surface area contributed by atoms with E-state index in [0.717, 1.165) is 11.5 Å². The minimum Gasteiger partial charge on any atom is -0.481 e. The van der Waals surface area contributed by atoms with E-state index in [1.54, 1.807) is 28.8 Å². The minimum absolute atomic E-state index is 0.217. The average Bonchev–Trinajstić information content (AvgIpc) is 2.97. The molecule has 1 saturated heterocycles. The highest BCUT2D eigenvalue weighted by atomic mass is 32.2. The first-order valence-electron chi connectivity index (χ1n) is 5.71. The second-order valence-corrected chi connectivity index (χ2v) is 5.14. The maximum atomic E-state index is 12.1. The normalized spacial score (nSPS) is 19.2. The molecule has 1 fully saturated rings. The molecule has 1 amide bonds. The van der Waals surface area contributed by atoms with Gasteiger partial charge >= 0.3 is 5.97 Å². The van der Waals surface area contributed by atoms with Gasteiger partial charge in [-0.3, -0.25) is 9.59 Å². The van der Waals surface area contributed by atoms with Crippen LogP contribution in [0.3, 0.4) is 0 Å². The molecule has 1 unspecified atom stereocenters. The predicted molar refractivity (Wildman–Crippen MR) is 67.6 cm³/mol. The molecule has 0 saturated carbocycles. The SMILES string of the molecule is CSCc1ccc(C(=O)N2CCC(C(=O)O)C2)o1. The zero-order chi connectivity index (χ0) is 13.1. The third-order valence-corrected chi connectivity index (χ3v) is 3.56. The van der Waals surface area contributed by atoms with Gasteiger partial charge < -0.3 is 14.4 Å². The van der Waals surface area contributed by atoms with Gasteiger partial charge in [-0.2, -0.15) is 11.8 Å². The maximum Gasteiger partial charge on any atom is 0.308 e. The van der Waals surface area contributed by atoms with Crippen LogP contribution in [0, 0.1) is 5.92 Å². The number of furan rings is 1. The fourth-order valence-electron chi connectivity index (χ4n) is 2.01. The van der Waals surface area contributed by atoms with Gasteiger partial charge in [-0.05, 0) is 24.8 Å². The molecule has 0 aromatic carbocycles. The van der Waals surface area contributed by atoms with Crippen molar-refractivity contribution < 1.29 is 19.1 Å². The summed E-state index contributed by atoms with van der Waals surface area (Å²) < 4.78 is 5.43. The fraction of sp³-hybridized carbons (Fsp3) is 0.500. The Labute approximate surface area is 109 Å². The predicted octanol–water partition coefficient (Wildman–Crippen LogP) is 1.69. The molecule has 5 nitrogen and oxygen atoms in total. The Balaban J connectivity index is 2.01. The summed E-state index contributed by atoms with van der Waals surface area (Å²) >= 11 is 1.62. The lowest BCUT2D eigenvalue weighted by atomic mass is 10.1. The second kappa shape index (κ2) is 5.48. The van der Waals surface area contributed by atoms with E-state index in [9.17, 15) is 9.59 Å². The summed E-state index contributed by atoms with van der Waals surface area (Å²) in [7, 11) is 0. The Morgan fingerprint density at radius 1 is 1.56 bits per heavy atom. The highest BCUT2D eigenvalue weighted by Crippen LogP contribution is 2.21. The molecule has 1 aromatic heterocycles. The fourth-order valence-corrected chi connectivity index (χ4v) is 2.45. The number of amides is 1. The van der Waals surface area contributed by atoms with Crippen LogP contribution in [0.1, 0.15) is 22.7 Å². The van der Waals surface area contributed by atoms with E-state index in [0.29, 0.717) is 18.7 Å². The zero-order valence-electron chi connectivity index (χ0n) is 10.1. The lowest BCUT2D eigenvalue weighted by molar-refractivity contribution is -0.141. The van der Waals surface area contributed by atoms with Crippen LogP contribution in [0.4, 0.5) is 0 Å². The van der Waals surface area contributed by atoms with E-state index in [4.69, 9.17) is 9.52 Å². The minimum atomic E-state index is -0.840. The lowest BCUT2D eigenvalue weighted by Crippen LogP contribution is -2.29. The molecule has 1 N–H and O–H groups in total. The van der Waals surface area contributed by atoms with Gasteiger partial charge in [0.1, 0.15) is 5.76 Å². The Morgan fingerprint density at radius 3 is 2.94 bits per heavy atom. The van der Waals surface area contributed by atoms with Crippen LogP contribution >= 0.6 is 11.8 Å². The third-order valence-electron chi connectivity index (χ3n) is 2.98. The number of rotatable bonds is 4. The number of hydrogen-bond acceptors (Lipinski definition) is 4. The van der Waals surface area contributed by atoms with Crippen LogP contribution in [-0.2, 0) is 10.5 Å². The summed E-state index contributed by atoms with van der Waals surface area (Å²) in [5.41, 5.74) is 0. The van der Waals surface area contributed by atoms with Crippen LogP contribution < -0.4 is 0 Å². The largest absolute Gasteiger partial charge is 0.481 e. The first-order chi connectivity index (χ1) is 8.61. The maximum absolute atomic E-state index is 12.1. The molecule has 6 heteroatoms. The van der Waals surface area contributed by atoms with Crippen molar-refractivity contribution in [2.45, 2.75) is 12.2 Å². The first kappa shape index (κ1) is 13.0. The monoisotopic (exact) mass is 269 g/mol. The summed E-state index contributed by atoms with van der Waals surface area (Å²) in [5.74, 6) is 0.281. The van der Waals surface area contributed by atoms with Crippen molar-refractivity contribution in [3.05, 3.63) is 23.7 Å². The molecule has 1 aromatic rings. The van der Waals surface area contributed by atoms with E-state index in [2.05, 4.69) is 0 Å². The zero-order valence-corrected chi connectivity index (χ0v) is 10.9. The third kappa shape index (κ3) is 2.69. The first-order valence-corrected chi connectivity index (χ1v) is 7.11. The Morgan fingerprint density at radius 2 is 2.33 bits per heavy atom. The number of likely N-dealkylation sites (tertiary alicyclic amines) is 1. The number of hydrogen-bond donors (Lipinski definition) is 1. The van der Waals surface area contributed by atoms with Crippen molar-refractivity contribution in [2.24, 2.45) is 5.92 Å². The van der Waals surface area contributed by atoms with Crippen LogP contribution in [-0.4, -0.2) is 41.2 Å². The average molecular weight is 269 g/mol. The van der Waals surface area contributed by atoms with Gasteiger partial charge in [0.2, 0.25) is 0 Å². The number of carboxylic acids is 1. The molecular weight excluding hydrogens is 254 g/mol. The number of carboxylic acid groups (broad SMARTS) is 1. The van der Waals surface area contributed by atoms with Gasteiger partial charge in [0.25, 0.3) is 5.91 Å². The van der Waals surface area contributed by atoms with Crippen LogP contribution in [0.25, 0.3) is 0 Å². The van der Waals surface area contributed by atoms with Crippen LogP contribution in [0.15, 0.2) is 16.5 Å². The molecule has 1 atom stereocenters. The van der Waals surface area contributed by atoms with Gasteiger partial charge in [-0.25, -0.2) is 0 Å². The Bertz CT molecular complexity index is 457. The highest BCUT2D eigenvalue weighted by molar-refractivity contribution is 7.97. The Kier molecular flexibility index (Phi) is 3.96. The van der Waals surface area contributed by atoms with Crippen molar-refractivity contribution >= 4 is 23.6 Å². The van der Waals surface area contributed by atoms with E-state index in [1.165, 1.54) is 0 Å². The lowest BCUT2D eigenvalue weighted by Gasteiger charge is -2.13. The molecule has 98 valence electrons. The van der Waals surface area contributed by atoms with Crippen molar-refractivity contribution in [2.75, 3.05) is 19.3 Å². The molecule has 0 bridgehead atoms. The van der Waals surface area contributed by atoms with E-state index < -0.39 is 11.9 Å². The van der Waals surface area contributed by atoms with Crippen molar-refractivity contribution in [1.82, 2.24) is 4.90 Å². The number of nitrogens with zero attached hydrogens (tertiary/aromatic N) is 1. The summed E-state index contributed by atoms with van der Waals surface area (Å²) in [6, 6.07) is 3.44. The van der Waals surface area contributed by atoms with E-state index >= 15 is 0 Å². The van der Waals surface area contributed by atoms with Gasteiger partial charge in [0.05, 0.1) is 11.7 Å². The quantitative estimate of drug-likeness (QED) is 0.900. The molecule has 0 radical (unpaired) electrons. The molecule has 2 heterocycles. The molecule has 0 aliphatic carbocycles. The molecule has 18 heavy (non-hydrogen) atoms. The van der Waals surface area contributed by atoms with Crippen LogP contribution in [0.5, 0.6) is 0 Å². The number of carbonyl (C=O) groups is 2. The summed E-state index contributed by atoms with van der Waals surface area (Å²) in [4.78, 5) is 24.4. The summed E-state index contributed by atoms with van der Waals surface area (Å²) in [6.07, 6.45) is 2.47. The van der Waals surface area contributed by atoms with Crippen molar-refractivity contribution in [3.8, 4) is 0 Å². The van der Waals surface area contributed by atoms with E-state index in [-0.39, 0.29) is 12.5 Å². The summed E-state index contributed by atoms with van der Waals surface area (Å²) in [6.45, 7) is 0.751. The van der Waals surface area contributed by atoms with Crippen molar-refractivity contribution in [1.29, 1.82) is 0 Å². The number of carbonyl (C=O) groups excluding carboxylic acids is 1. The number of aliphatic carboxylic acids is 1. The summed E-state index contributed by atoms with van der Waals surface area (Å²) in [5, 5.41) is 8.89. The molecule has 1 aliphatic heterocycles. The van der Waals surface area contributed by atoms with Gasteiger partial charge in [0.15, 0.2) is 5.76 Å². The van der Waals surface area contributed by atoms with Gasteiger partial charge in [0, 0.05) is 13.1 Å². The number of thioether (sulfide) groups is 1. The van der Waals surface area contributed by atoms with Gasteiger partial charge in [-0.15, -0.1) is 0 Å². The van der Waals surface area contributed by atoms with Crippen molar-refractivity contribution in [3.63, 3.8) is 0 Å². The highest BCUT2D eigenvalue weighted by Gasteiger charge is 2.32. The van der Waals surface area contributed by atoms with Crippen LogP contribution in [0.2, 0.25) is 0 Å². The molecule has 2 rings (SSSR count). The topological polar surface area (TPSA) is 70.8 Å².